The summed E-state index contributed by atoms with van der Waals surface area (Å²) < 4.78 is 5.28. The monoisotopic (exact) mass is 288 g/mol. The maximum atomic E-state index is 11.6. The van der Waals surface area contributed by atoms with Gasteiger partial charge in [-0.25, -0.2) is 4.79 Å². The first-order chi connectivity index (χ1) is 10.2. The molecular weight excluding hydrogens is 268 g/mol. The van der Waals surface area contributed by atoms with Crippen molar-refractivity contribution in [3.05, 3.63) is 35.5 Å². The predicted molar refractivity (Wildman–Crippen MR) is 80.6 cm³/mol. The number of nitrogens with zero attached hydrogens (tertiary/aromatic N) is 1. The number of rotatable bonds is 5. The van der Waals surface area contributed by atoms with Crippen molar-refractivity contribution in [3.63, 3.8) is 0 Å². The summed E-state index contributed by atoms with van der Waals surface area (Å²) in [6.07, 6.45) is 1.97. The van der Waals surface area contributed by atoms with E-state index in [1.54, 1.807) is 24.3 Å². The highest BCUT2D eigenvalue weighted by Gasteiger charge is 2.23. The molecule has 0 aromatic heterocycles. The Hall–Kier alpha value is -2.10. The number of ketones is 1. The van der Waals surface area contributed by atoms with E-state index in [-0.39, 0.29) is 11.9 Å². The normalized spacial score (nSPS) is 18.3. The van der Waals surface area contributed by atoms with Crippen LogP contribution in [0.2, 0.25) is 0 Å². The number of hydrazine groups is 1. The molecule has 0 saturated carbocycles. The molecule has 1 unspecified atom stereocenters. The van der Waals surface area contributed by atoms with E-state index in [1.165, 1.54) is 0 Å². The molecule has 1 heterocycles. The molecule has 112 valence electrons. The van der Waals surface area contributed by atoms with Gasteiger partial charge in [0.05, 0.1) is 11.8 Å². The van der Waals surface area contributed by atoms with E-state index in [9.17, 15) is 9.59 Å². The largest absolute Gasteiger partial charge is 0.381 e. The van der Waals surface area contributed by atoms with Gasteiger partial charge in [0.15, 0.2) is 5.78 Å². The second-order valence-corrected chi connectivity index (χ2v) is 5.02. The van der Waals surface area contributed by atoms with Gasteiger partial charge in [0, 0.05) is 32.1 Å². The number of methoxy groups -OCH3 is 1. The average Bonchev–Trinajstić information content (AvgIpc) is 2.55. The number of Topliss-reactive ketones (excluding diaryl/α,β-unsaturated/α-hetero) is 1. The lowest BCUT2D eigenvalue weighted by Crippen LogP contribution is -2.38. The van der Waals surface area contributed by atoms with Crippen LogP contribution in [-0.2, 0) is 9.53 Å². The number of nitrogens with one attached hydrogen (secondary N) is 1. The number of carbonyl (C=O) groups is 1. The van der Waals surface area contributed by atoms with Crippen molar-refractivity contribution in [2.75, 3.05) is 19.1 Å². The van der Waals surface area contributed by atoms with Crippen molar-refractivity contribution in [1.29, 1.82) is 0 Å². The lowest BCUT2D eigenvalue weighted by Gasteiger charge is -2.33. The summed E-state index contributed by atoms with van der Waals surface area (Å²) in [6.45, 7) is 2.52. The lowest BCUT2D eigenvalue weighted by atomic mass is 10.1. The van der Waals surface area contributed by atoms with E-state index in [0.717, 1.165) is 12.1 Å². The Morgan fingerprint density at radius 1 is 1.43 bits per heavy atom. The van der Waals surface area contributed by atoms with Gasteiger partial charge >= 0.3 is 0 Å². The molecular formula is C16H20N2O3. The molecule has 1 saturated heterocycles. The Bertz CT molecular complexity index is 547. The van der Waals surface area contributed by atoms with Crippen LogP contribution in [-0.4, -0.2) is 36.5 Å². The van der Waals surface area contributed by atoms with Crippen LogP contribution in [0.3, 0.4) is 0 Å². The Morgan fingerprint density at radius 2 is 2.14 bits per heavy atom. The summed E-state index contributed by atoms with van der Waals surface area (Å²) in [5.41, 5.74) is 5.28. The zero-order valence-electron chi connectivity index (χ0n) is 12.4. The predicted octanol–water partition coefficient (Wildman–Crippen LogP) is 2.43. The Balaban J connectivity index is 2.04. The third kappa shape index (κ3) is 3.72. The number of hydrogen-bond acceptors (Lipinski definition) is 5. The van der Waals surface area contributed by atoms with E-state index in [2.05, 4.69) is 5.43 Å². The molecule has 1 aliphatic rings. The first-order valence-electron chi connectivity index (χ1n) is 7.12. The van der Waals surface area contributed by atoms with Crippen molar-refractivity contribution in [1.82, 2.24) is 5.01 Å². The van der Waals surface area contributed by atoms with Gasteiger partial charge in [0.25, 0.3) is 0 Å². The minimum atomic E-state index is 0.0732. The number of anilines is 1. The van der Waals surface area contributed by atoms with Gasteiger partial charge in [-0.15, -0.1) is 0 Å². The molecule has 1 N–H and O–H groups in total. The number of hydrogen-bond donors (Lipinski definition) is 1. The van der Waals surface area contributed by atoms with Gasteiger partial charge in [-0.1, -0.05) is 6.92 Å². The third-order valence-electron chi connectivity index (χ3n) is 3.66. The molecule has 5 nitrogen and oxygen atoms in total. The van der Waals surface area contributed by atoms with Crippen LogP contribution in [0.4, 0.5) is 5.69 Å². The Labute approximate surface area is 124 Å². The zero-order valence-corrected chi connectivity index (χ0v) is 12.4. The van der Waals surface area contributed by atoms with Gasteiger partial charge in [-0.05, 0) is 30.7 Å². The molecule has 2 rings (SSSR count). The highest BCUT2D eigenvalue weighted by Crippen LogP contribution is 2.22. The molecule has 5 heteroatoms. The molecule has 1 aliphatic heterocycles. The van der Waals surface area contributed by atoms with Gasteiger partial charge in [-0.3, -0.25) is 15.2 Å². The third-order valence-corrected chi connectivity index (χ3v) is 3.66. The van der Waals surface area contributed by atoms with E-state index in [0.29, 0.717) is 30.6 Å². The number of carbonyl (C=O) groups excluding carboxylic acids is 2. The van der Waals surface area contributed by atoms with Crippen LogP contribution in [0.1, 0.15) is 36.5 Å². The average molecular weight is 288 g/mol. The fraction of sp³-hybridized carbons (Fsp3) is 0.438. The van der Waals surface area contributed by atoms with E-state index in [4.69, 9.17) is 4.74 Å². The van der Waals surface area contributed by atoms with Crippen LogP contribution in [0.25, 0.3) is 0 Å². The number of ether oxygens (including phenoxy) is 1. The number of piperidine rings is 1. The molecule has 0 bridgehead atoms. The summed E-state index contributed by atoms with van der Waals surface area (Å²) >= 11 is 0. The van der Waals surface area contributed by atoms with Crippen LogP contribution in [0.15, 0.2) is 30.0 Å². The molecule has 21 heavy (non-hydrogen) atoms. The van der Waals surface area contributed by atoms with E-state index < -0.39 is 0 Å². The quantitative estimate of drug-likeness (QED) is 0.666. The molecule has 1 fully saturated rings. The molecule has 0 radical (unpaired) electrons. The fourth-order valence-corrected chi connectivity index (χ4v) is 2.35. The summed E-state index contributed by atoms with van der Waals surface area (Å²) in [6, 6.07) is 7.27. The molecule has 0 aliphatic carbocycles. The molecule has 1 aromatic carbocycles. The summed E-state index contributed by atoms with van der Waals surface area (Å²) in [7, 11) is 1.65. The zero-order chi connectivity index (χ0) is 15.2. The second kappa shape index (κ2) is 7.07. The van der Waals surface area contributed by atoms with Gasteiger partial charge in [0.1, 0.15) is 11.6 Å². The van der Waals surface area contributed by atoms with Crippen LogP contribution in [0, 0.1) is 0 Å². The topological polar surface area (TPSA) is 58.6 Å². The van der Waals surface area contributed by atoms with Crippen molar-refractivity contribution in [3.8, 4) is 0 Å². The first-order valence-corrected chi connectivity index (χ1v) is 7.12. The molecule has 1 aromatic rings. The SMILES string of the molecule is CCC(=O)c1ccc(NN2CCC(OC)CC2=C=O)cc1. The van der Waals surface area contributed by atoms with Gasteiger partial charge in [0.2, 0.25) is 0 Å². The standard InChI is InChI=1S/C16H20N2O3/c1-3-16(20)12-4-6-13(7-5-12)17-18-9-8-15(21-2)10-14(18)11-19/h4-7,15,17H,3,8-10H2,1-2H3. The maximum Gasteiger partial charge on any atom is 0.162 e. The molecule has 1 atom stereocenters. The van der Waals surface area contributed by atoms with Crippen molar-refractivity contribution >= 4 is 17.4 Å². The second-order valence-electron chi connectivity index (χ2n) is 5.02. The summed E-state index contributed by atoms with van der Waals surface area (Å²) in [5, 5.41) is 1.79. The Kier molecular flexibility index (Phi) is 5.14. The van der Waals surface area contributed by atoms with Gasteiger partial charge in [-0.2, -0.15) is 0 Å². The summed E-state index contributed by atoms with van der Waals surface area (Å²) in [4.78, 5) is 22.6. The lowest BCUT2D eigenvalue weighted by molar-refractivity contribution is 0.0667. The minimum Gasteiger partial charge on any atom is -0.381 e. The van der Waals surface area contributed by atoms with Crippen LogP contribution < -0.4 is 5.43 Å². The van der Waals surface area contributed by atoms with Crippen LogP contribution >= 0.6 is 0 Å². The first kappa shape index (κ1) is 15.3. The van der Waals surface area contributed by atoms with Crippen molar-refractivity contribution in [2.24, 2.45) is 0 Å². The van der Waals surface area contributed by atoms with E-state index >= 15 is 0 Å². The van der Waals surface area contributed by atoms with Gasteiger partial charge < -0.3 is 4.74 Å². The van der Waals surface area contributed by atoms with Crippen molar-refractivity contribution in [2.45, 2.75) is 32.3 Å². The van der Waals surface area contributed by atoms with Crippen molar-refractivity contribution < 1.29 is 14.3 Å². The highest BCUT2D eigenvalue weighted by molar-refractivity contribution is 5.96. The summed E-state index contributed by atoms with van der Waals surface area (Å²) in [5.74, 6) is 2.09. The fourth-order valence-electron chi connectivity index (χ4n) is 2.35. The highest BCUT2D eigenvalue weighted by atomic mass is 16.5. The van der Waals surface area contributed by atoms with E-state index in [1.807, 2.05) is 25.0 Å². The molecule has 0 amide bonds. The molecule has 0 spiro atoms. The minimum absolute atomic E-state index is 0.0732. The smallest absolute Gasteiger partial charge is 0.162 e. The van der Waals surface area contributed by atoms with Crippen LogP contribution in [0.5, 0.6) is 0 Å². The number of benzene rings is 1. The maximum absolute atomic E-state index is 11.6. The Morgan fingerprint density at radius 3 is 2.71 bits per heavy atom.